The summed E-state index contributed by atoms with van der Waals surface area (Å²) in [7, 11) is -3.00. The number of amides is 1. The number of carbonyl (C=O) groups is 2. The molecular formula is C20H26N4O4S3. The van der Waals surface area contributed by atoms with Crippen LogP contribution in [0.4, 0.5) is 5.13 Å². The number of hydrogen-bond donors (Lipinski definition) is 0. The van der Waals surface area contributed by atoms with E-state index in [0.717, 1.165) is 24.2 Å². The van der Waals surface area contributed by atoms with Gasteiger partial charge < -0.3 is 4.57 Å². The molecule has 1 aliphatic heterocycles. The van der Waals surface area contributed by atoms with Gasteiger partial charge in [-0.15, -0.1) is 10.2 Å². The Morgan fingerprint density at radius 1 is 1.26 bits per heavy atom. The molecule has 4 rings (SSSR count). The summed E-state index contributed by atoms with van der Waals surface area (Å²) in [5.41, 5.74) is 2.35. The first-order valence-corrected chi connectivity index (χ1v) is 14.0. The maximum Gasteiger partial charge on any atom is 0.228 e. The minimum Gasteiger partial charge on any atom is -0.344 e. The van der Waals surface area contributed by atoms with Crippen LogP contribution in [0.15, 0.2) is 10.4 Å². The van der Waals surface area contributed by atoms with Gasteiger partial charge in [-0.05, 0) is 39.2 Å². The Hall–Kier alpha value is -1.72. The number of Topliss-reactive ketones (excluding diaryl/α,β-unsaturated/α-hetero) is 1. The largest absolute Gasteiger partial charge is 0.344 e. The summed E-state index contributed by atoms with van der Waals surface area (Å²) in [6, 6.07) is 1.97. The van der Waals surface area contributed by atoms with Crippen molar-refractivity contribution in [3.8, 4) is 0 Å². The minimum absolute atomic E-state index is 0.0226. The van der Waals surface area contributed by atoms with Crippen LogP contribution in [0.2, 0.25) is 0 Å². The van der Waals surface area contributed by atoms with E-state index in [1.54, 1.807) is 4.90 Å². The zero-order valence-corrected chi connectivity index (χ0v) is 20.3. The number of thioether (sulfide) groups is 1. The molecule has 0 unspecified atom stereocenters. The van der Waals surface area contributed by atoms with Crippen LogP contribution in [-0.2, 0) is 14.6 Å². The van der Waals surface area contributed by atoms with E-state index in [2.05, 4.69) is 10.2 Å². The predicted molar refractivity (Wildman–Crippen MR) is 122 cm³/mol. The number of sulfone groups is 1. The predicted octanol–water partition coefficient (Wildman–Crippen LogP) is 3.20. The lowest BCUT2D eigenvalue weighted by atomic mass is 10.2. The van der Waals surface area contributed by atoms with Crippen molar-refractivity contribution in [2.75, 3.05) is 22.2 Å². The first kappa shape index (κ1) is 22.5. The van der Waals surface area contributed by atoms with E-state index < -0.39 is 9.84 Å². The first-order valence-electron chi connectivity index (χ1n) is 10.4. The first-order chi connectivity index (χ1) is 14.7. The Morgan fingerprint density at radius 2 is 2.00 bits per heavy atom. The number of rotatable bonds is 8. The fourth-order valence-electron chi connectivity index (χ4n) is 4.13. The van der Waals surface area contributed by atoms with E-state index in [9.17, 15) is 18.0 Å². The van der Waals surface area contributed by atoms with Gasteiger partial charge in [0.1, 0.15) is 0 Å². The van der Waals surface area contributed by atoms with Crippen molar-refractivity contribution in [2.24, 2.45) is 0 Å². The number of aromatic nitrogens is 3. The fourth-order valence-corrected chi connectivity index (χ4v) is 7.65. The monoisotopic (exact) mass is 482 g/mol. The van der Waals surface area contributed by atoms with E-state index in [4.69, 9.17) is 0 Å². The lowest BCUT2D eigenvalue weighted by Gasteiger charge is -2.17. The molecule has 11 heteroatoms. The van der Waals surface area contributed by atoms with Gasteiger partial charge in [-0.1, -0.05) is 30.0 Å². The van der Waals surface area contributed by atoms with Crippen LogP contribution >= 0.6 is 23.1 Å². The highest BCUT2D eigenvalue weighted by Gasteiger charge is 2.35. The number of hydrogen-bond acceptors (Lipinski definition) is 8. The molecule has 168 valence electrons. The Labute approximate surface area is 190 Å². The summed E-state index contributed by atoms with van der Waals surface area (Å²) in [6.45, 7) is 5.63. The van der Waals surface area contributed by atoms with Crippen LogP contribution in [0.1, 0.15) is 60.4 Å². The zero-order valence-electron chi connectivity index (χ0n) is 17.8. The molecule has 2 aromatic rings. The van der Waals surface area contributed by atoms with Gasteiger partial charge in [0.2, 0.25) is 11.0 Å². The summed E-state index contributed by atoms with van der Waals surface area (Å²) in [4.78, 5) is 26.9. The van der Waals surface area contributed by atoms with Crippen LogP contribution in [0, 0.1) is 13.8 Å². The normalized spacial score (nSPS) is 20.2. The van der Waals surface area contributed by atoms with E-state index >= 15 is 0 Å². The molecule has 0 bridgehead atoms. The molecule has 1 amide bonds. The topological polar surface area (TPSA) is 102 Å². The van der Waals surface area contributed by atoms with Gasteiger partial charge >= 0.3 is 0 Å². The summed E-state index contributed by atoms with van der Waals surface area (Å²) in [5.74, 6) is 0.574. The summed E-state index contributed by atoms with van der Waals surface area (Å²) in [5, 5.41) is 8.95. The Balaban J connectivity index is 1.44. The third-order valence-corrected chi connectivity index (χ3v) is 9.58. The minimum atomic E-state index is -3.00. The number of ketones is 1. The van der Waals surface area contributed by atoms with Gasteiger partial charge in [0.05, 0.1) is 17.3 Å². The maximum atomic E-state index is 12.9. The van der Waals surface area contributed by atoms with Crippen LogP contribution in [0.5, 0.6) is 0 Å². The molecule has 0 aromatic carbocycles. The van der Waals surface area contributed by atoms with Crippen molar-refractivity contribution in [1.82, 2.24) is 14.8 Å². The fraction of sp³-hybridized carbons (Fsp3) is 0.600. The lowest BCUT2D eigenvalue weighted by molar-refractivity contribution is -0.118. The summed E-state index contributed by atoms with van der Waals surface area (Å²) < 4.78 is 26.4. The van der Waals surface area contributed by atoms with E-state index in [1.807, 2.05) is 31.4 Å². The molecule has 2 aromatic heterocycles. The van der Waals surface area contributed by atoms with Gasteiger partial charge in [-0.25, -0.2) is 8.42 Å². The molecule has 1 saturated carbocycles. The van der Waals surface area contributed by atoms with Gasteiger partial charge in [-0.2, -0.15) is 0 Å². The van der Waals surface area contributed by atoms with E-state index in [0.29, 0.717) is 27.9 Å². The Morgan fingerprint density at radius 3 is 2.61 bits per heavy atom. The van der Waals surface area contributed by atoms with Crippen LogP contribution in [0.25, 0.3) is 0 Å². The average Bonchev–Trinajstić information content (AvgIpc) is 3.21. The molecule has 8 nitrogen and oxygen atoms in total. The molecular weight excluding hydrogens is 456 g/mol. The quantitative estimate of drug-likeness (QED) is 0.323. The van der Waals surface area contributed by atoms with E-state index in [1.165, 1.54) is 23.1 Å². The highest BCUT2D eigenvalue weighted by Crippen LogP contribution is 2.36. The molecule has 31 heavy (non-hydrogen) atoms. The second-order valence-corrected chi connectivity index (χ2v) is 12.5. The summed E-state index contributed by atoms with van der Waals surface area (Å²) >= 11 is 2.67. The molecule has 0 N–H and O–H groups in total. The molecule has 0 radical (unpaired) electrons. The molecule has 1 aliphatic carbocycles. The number of anilines is 1. The molecule has 0 spiro atoms. The van der Waals surface area contributed by atoms with Crippen molar-refractivity contribution in [3.63, 3.8) is 0 Å². The highest BCUT2D eigenvalue weighted by molar-refractivity contribution is 8.01. The smallest absolute Gasteiger partial charge is 0.228 e. The lowest BCUT2D eigenvalue weighted by Crippen LogP contribution is -2.32. The summed E-state index contributed by atoms with van der Waals surface area (Å²) in [6.07, 6.45) is 2.99. The average molecular weight is 483 g/mol. The highest BCUT2D eigenvalue weighted by atomic mass is 32.2. The van der Waals surface area contributed by atoms with Crippen molar-refractivity contribution < 1.29 is 18.0 Å². The molecule has 2 aliphatic rings. The Bertz CT molecular complexity index is 1120. The van der Waals surface area contributed by atoms with Crippen LogP contribution in [-0.4, -0.2) is 58.2 Å². The number of nitrogens with zero attached hydrogens (tertiary/aromatic N) is 4. The van der Waals surface area contributed by atoms with Crippen LogP contribution < -0.4 is 4.90 Å². The zero-order chi connectivity index (χ0) is 22.3. The Kier molecular flexibility index (Phi) is 6.28. The van der Waals surface area contributed by atoms with Gasteiger partial charge in [0.15, 0.2) is 20.0 Å². The SMILES string of the molecule is CCC(=O)N(c1nnc(SCC(=O)c2cc(C)n([C@H]3CCS(=O)(=O)C3)c2C)s1)C1CC1. The van der Waals surface area contributed by atoms with Gasteiger partial charge in [-0.3, -0.25) is 14.5 Å². The second-order valence-electron chi connectivity index (χ2n) is 8.12. The third kappa shape index (κ3) is 4.73. The number of aryl methyl sites for hydroxylation is 1. The van der Waals surface area contributed by atoms with Gasteiger partial charge in [0.25, 0.3) is 0 Å². The van der Waals surface area contributed by atoms with E-state index in [-0.39, 0.29) is 41.0 Å². The molecule has 3 heterocycles. The molecule has 2 fully saturated rings. The third-order valence-electron chi connectivity index (χ3n) is 5.77. The molecule has 1 saturated heterocycles. The standard InChI is InChI=1S/C20H26N4O4S3/c1-4-18(26)24(14-5-6-14)19-21-22-20(30-19)29-10-17(25)16-9-12(2)23(13(16)3)15-7-8-31(27,28)11-15/h9,14-15H,4-8,10-11H2,1-3H3/t15-/m0/s1. The van der Waals surface area contributed by atoms with Crippen LogP contribution in [0.3, 0.4) is 0 Å². The maximum absolute atomic E-state index is 12.9. The molecule has 1 atom stereocenters. The van der Waals surface area contributed by atoms with Gasteiger partial charge in [0, 0.05) is 35.5 Å². The van der Waals surface area contributed by atoms with Crippen molar-refractivity contribution in [2.45, 2.75) is 62.9 Å². The van der Waals surface area contributed by atoms with Crippen molar-refractivity contribution in [3.05, 3.63) is 23.0 Å². The van der Waals surface area contributed by atoms with Crippen molar-refractivity contribution in [1.29, 1.82) is 0 Å². The van der Waals surface area contributed by atoms with Crippen molar-refractivity contribution >= 4 is 49.8 Å². The number of carbonyl (C=O) groups excluding carboxylic acids is 2. The second kappa shape index (κ2) is 8.67.